The van der Waals surface area contributed by atoms with Crippen LogP contribution in [0.15, 0.2) is 23.1 Å². The average Bonchev–Trinajstić information content (AvgIpc) is 2.80. The molecule has 0 radical (unpaired) electrons. The van der Waals surface area contributed by atoms with Gasteiger partial charge in [0.15, 0.2) is 11.5 Å². The molecule has 0 bridgehead atoms. The van der Waals surface area contributed by atoms with Crippen LogP contribution in [-0.2, 0) is 10.0 Å². The lowest BCUT2D eigenvalue weighted by molar-refractivity contribution is 0.233. The van der Waals surface area contributed by atoms with Crippen LogP contribution in [0.4, 0.5) is 0 Å². The van der Waals surface area contributed by atoms with Crippen molar-refractivity contribution in [1.29, 1.82) is 0 Å². The minimum Gasteiger partial charge on any atom is -0.490 e. The second kappa shape index (κ2) is 7.51. The van der Waals surface area contributed by atoms with Crippen molar-refractivity contribution in [3.8, 4) is 11.5 Å². The van der Waals surface area contributed by atoms with E-state index in [1.165, 1.54) is 19.3 Å². The highest BCUT2D eigenvalue weighted by Crippen LogP contribution is 2.31. The SMILES string of the molecule is O=S(=O)(NCCN1CCCCC1)c1ccc2c(c1)OCCCO2. The summed E-state index contributed by atoms with van der Waals surface area (Å²) >= 11 is 0. The van der Waals surface area contributed by atoms with Gasteiger partial charge in [-0.05, 0) is 38.1 Å². The summed E-state index contributed by atoms with van der Waals surface area (Å²) < 4.78 is 38.6. The molecular formula is C16H24N2O4S. The standard InChI is InChI=1S/C16H24N2O4S/c19-23(20,17-7-10-18-8-2-1-3-9-18)14-5-6-15-16(13-14)22-12-4-11-21-15/h5-6,13,17H,1-4,7-12H2. The Hall–Kier alpha value is -1.31. The van der Waals surface area contributed by atoms with Crippen LogP contribution in [-0.4, -0.2) is 52.7 Å². The zero-order chi connectivity index (χ0) is 16.1. The number of fused-ring (bicyclic) bond motifs is 1. The smallest absolute Gasteiger partial charge is 0.240 e. The summed E-state index contributed by atoms with van der Waals surface area (Å²) in [6.07, 6.45) is 4.48. The van der Waals surface area contributed by atoms with Gasteiger partial charge in [0.1, 0.15) is 0 Å². The number of nitrogens with one attached hydrogen (secondary N) is 1. The van der Waals surface area contributed by atoms with E-state index in [9.17, 15) is 8.42 Å². The molecule has 0 amide bonds. The summed E-state index contributed by atoms with van der Waals surface area (Å²) in [5.41, 5.74) is 0. The molecule has 1 fully saturated rings. The normalized spacial score (nSPS) is 19.3. The summed E-state index contributed by atoms with van der Waals surface area (Å²) in [6, 6.07) is 4.78. The van der Waals surface area contributed by atoms with Gasteiger partial charge in [0.2, 0.25) is 10.0 Å². The molecule has 0 atom stereocenters. The predicted molar refractivity (Wildman–Crippen MR) is 87.5 cm³/mol. The Balaban J connectivity index is 1.61. The van der Waals surface area contributed by atoms with Crippen LogP contribution < -0.4 is 14.2 Å². The van der Waals surface area contributed by atoms with Crippen LogP contribution >= 0.6 is 0 Å². The largest absolute Gasteiger partial charge is 0.490 e. The molecular weight excluding hydrogens is 316 g/mol. The maximum atomic E-state index is 12.4. The number of benzene rings is 1. The van der Waals surface area contributed by atoms with Gasteiger partial charge in [-0.25, -0.2) is 13.1 Å². The molecule has 2 heterocycles. The Labute approximate surface area is 137 Å². The summed E-state index contributed by atoms with van der Waals surface area (Å²) in [5, 5.41) is 0. The molecule has 0 aliphatic carbocycles. The third-order valence-corrected chi connectivity index (χ3v) is 5.66. The molecule has 0 aromatic heterocycles. The van der Waals surface area contributed by atoms with Crippen molar-refractivity contribution in [2.45, 2.75) is 30.6 Å². The number of piperidine rings is 1. The number of hydrogen-bond acceptors (Lipinski definition) is 5. The van der Waals surface area contributed by atoms with E-state index >= 15 is 0 Å². The summed E-state index contributed by atoms with van der Waals surface area (Å²) in [4.78, 5) is 2.53. The second-order valence-corrected chi connectivity index (χ2v) is 7.73. The lowest BCUT2D eigenvalue weighted by Gasteiger charge is -2.26. The van der Waals surface area contributed by atoms with Crippen LogP contribution in [0.1, 0.15) is 25.7 Å². The molecule has 0 unspecified atom stereocenters. The first kappa shape index (κ1) is 16.5. The van der Waals surface area contributed by atoms with Crippen molar-refractivity contribution >= 4 is 10.0 Å². The maximum Gasteiger partial charge on any atom is 0.240 e. The zero-order valence-electron chi connectivity index (χ0n) is 13.3. The maximum absolute atomic E-state index is 12.4. The number of rotatable bonds is 5. The number of likely N-dealkylation sites (tertiary alicyclic amines) is 1. The molecule has 1 aromatic carbocycles. The van der Waals surface area contributed by atoms with Crippen LogP contribution in [0, 0.1) is 0 Å². The first-order chi connectivity index (χ1) is 11.1. The highest BCUT2D eigenvalue weighted by molar-refractivity contribution is 7.89. The van der Waals surface area contributed by atoms with Gasteiger partial charge in [-0.1, -0.05) is 6.42 Å². The van der Waals surface area contributed by atoms with E-state index < -0.39 is 10.0 Å². The highest BCUT2D eigenvalue weighted by Gasteiger charge is 2.19. The molecule has 3 rings (SSSR count). The first-order valence-corrected chi connectivity index (χ1v) is 9.75. The lowest BCUT2D eigenvalue weighted by atomic mass is 10.1. The Bertz CT molecular complexity index is 627. The molecule has 1 saturated heterocycles. The van der Waals surface area contributed by atoms with Crippen molar-refractivity contribution in [2.75, 3.05) is 39.4 Å². The molecule has 7 heteroatoms. The van der Waals surface area contributed by atoms with Crippen molar-refractivity contribution in [3.63, 3.8) is 0 Å². The van der Waals surface area contributed by atoms with E-state index in [0.29, 0.717) is 31.3 Å². The van der Waals surface area contributed by atoms with Gasteiger partial charge in [0.25, 0.3) is 0 Å². The Kier molecular flexibility index (Phi) is 5.40. The fourth-order valence-corrected chi connectivity index (χ4v) is 3.95. The Morgan fingerprint density at radius 1 is 1.00 bits per heavy atom. The van der Waals surface area contributed by atoms with Crippen LogP contribution in [0.2, 0.25) is 0 Å². The van der Waals surface area contributed by atoms with E-state index in [1.54, 1.807) is 18.2 Å². The minimum atomic E-state index is -3.52. The van der Waals surface area contributed by atoms with Crippen LogP contribution in [0.5, 0.6) is 11.5 Å². The van der Waals surface area contributed by atoms with Gasteiger partial charge in [-0.15, -0.1) is 0 Å². The molecule has 0 spiro atoms. The van der Waals surface area contributed by atoms with Crippen LogP contribution in [0.3, 0.4) is 0 Å². The summed E-state index contributed by atoms with van der Waals surface area (Å²) in [7, 11) is -3.52. The van der Waals surface area contributed by atoms with E-state index in [-0.39, 0.29) is 4.90 Å². The fourth-order valence-electron chi connectivity index (χ4n) is 2.92. The number of sulfonamides is 1. The number of nitrogens with zero attached hydrogens (tertiary/aromatic N) is 1. The zero-order valence-corrected chi connectivity index (χ0v) is 14.1. The second-order valence-electron chi connectivity index (χ2n) is 5.96. The lowest BCUT2D eigenvalue weighted by Crippen LogP contribution is -2.37. The summed E-state index contributed by atoms with van der Waals surface area (Å²) in [6.45, 7) is 4.43. The molecule has 0 saturated carbocycles. The first-order valence-electron chi connectivity index (χ1n) is 8.27. The molecule has 2 aliphatic rings. The van der Waals surface area contributed by atoms with Gasteiger partial charge in [-0.3, -0.25) is 0 Å². The van der Waals surface area contributed by atoms with E-state index in [1.807, 2.05) is 0 Å². The van der Waals surface area contributed by atoms with Crippen molar-refractivity contribution < 1.29 is 17.9 Å². The van der Waals surface area contributed by atoms with Gasteiger partial charge in [0, 0.05) is 25.6 Å². The molecule has 23 heavy (non-hydrogen) atoms. The topological polar surface area (TPSA) is 67.9 Å². The highest BCUT2D eigenvalue weighted by atomic mass is 32.2. The van der Waals surface area contributed by atoms with Gasteiger partial charge in [-0.2, -0.15) is 0 Å². The minimum absolute atomic E-state index is 0.223. The monoisotopic (exact) mass is 340 g/mol. The third kappa shape index (κ3) is 4.37. The van der Waals surface area contributed by atoms with E-state index in [4.69, 9.17) is 9.47 Å². The van der Waals surface area contributed by atoms with Gasteiger partial charge < -0.3 is 14.4 Å². The number of ether oxygens (including phenoxy) is 2. The molecule has 1 aromatic rings. The fraction of sp³-hybridized carbons (Fsp3) is 0.625. The Morgan fingerprint density at radius 3 is 2.52 bits per heavy atom. The number of hydrogen-bond donors (Lipinski definition) is 1. The summed E-state index contributed by atoms with van der Waals surface area (Å²) in [5.74, 6) is 1.11. The third-order valence-electron chi connectivity index (χ3n) is 4.20. The molecule has 1 N–H and O–H groups in total. The molecule has 2 aliphatic heterocycles. The predicted octanol–water partition coefficient (Wildman–Crippen LogP) is 1.61. The van der Waals surface area contributed by atoms with Gasteiger partial charge in [0.05, 0.1) is 18.1 Å². The van der Waals surface area contributed by atoms with Crippen molar-refractivity contribution in [2.24, 2.45) is 0 Å². The average molecular weight is 340 g/mol. The molecule has 128 valence electrons. The Morgan fingerprint density at radius 2 is 1.74 bits per heavy atom. The molecule has 6 nitrogen and oxygen atoms in total. The van der Waals surface area contributed by atoms with E-state index in [0.717, 1.165) is 26.1 Å². The van der Waals surface area contributed by atoms with Crippen molar-refractivity contribution in [3.05, 3.63) is 18.2 Å². The van der Waals surface area contributed by atoms with Crippen molar-refractivity contribution in [1.82, 2.24) is 9.62 Å². The van der Waals surface area contributed by atoms with Crippen LogP contribution in [0.25, 0.3) is 0 Å². The van der Waals surface area contributed by atoms with Gasteiger partial charge >= 0.3 is 0 Å². The quantitative estimate of drug-likeness (QED) is 0.882. The van der Waals surface area contributed by atoms with E-state index in [2.05, 4.69) is 9.62 Å².